The third-order valence-electron chi connectivity index (χ3n) is 3.02. The Kier molecular flexibility index (Phi) is 3.59. The number of fused-ring (bicyclic) bond motifs is 1. The lowest BCUT2D eigenvalue weighted by Crippen LogP contribution is -2.17. The molecule has 0 saturated carbocycles. The van der Waals surface area contributed by atoms with Crippen LogP contribution in [0.5, 0.6) is 11.5 Å². The third kappa shape index (κ3) is 3.22. The summed E-state index contributed by atoms with van der Waals surface area (Å²) in [7, 11) is 0. The Morgan fingerprint density at radius 3 is 2.76 bits per heavy atom. The molecule has 0 atom stereocenters. The molecular weight excluding hydrogens is 270 g/mol. The number of nitrogen functional groups attached to an aromatic ring is 1. The minimum atomic E-state index is -0.149. The van der Waals surface area contributed by atoms with E-state index in [9.17, 15) is 4.79 Å². The number of nitrogens with zero attached hydrogens (tertiary/aromatic N) is 1. The number of anilines is 2. The van der Waals surface area contributed by atoms with Crippen molar-refractivity contribution in [2.75, 3.05) is 24.3 Å². The van der Waals surface area contributed by atoms with Gasteiger partial charge in [0.2, 0.25) is 5.91 Å². The van der Waals surface area contributed by atoms with E-state index in [0.717, 1.165) is 0 Å². The van der Waals surface area contributed by atoms with E-state index in [1.54, 1.807) is 30.3 Å². The summed E-state index contributed by atoms with van der Waals surface area (Å²) >= 11 is 0. The summed E-state index contributed by atoms with van der Waals surface area (Å²) in [4.78, 5) is 16.1. The van der Waals surface area contributed by atoms with Crippen molar-refractivity contribution in [2.24, 2.45) is 0 Å². The number of ether oxygens (including phenoxy) is 2. The van der Waals surface area contributed by atoms with E-state index < -0.39 is 0 Å². The number of aromatic nitrogens is 1. The Labute approximate surface area is 121 Å². The second-order valence-electron chi connectivity index (χ2n) is 4.67. The van der Waals surface area contributed by atoms with Gasteiger partial charge in [0.1, 0.15) is 13.2 Å². The van der Waals surface area contributed by atoms with Gasteiger partial charge in [0.05, 0.1) is 18.3 Å². The smallest absolute Gasteiger partial charge is 0.230 e. The van der Waals surface area contributed by atoms with Crippen molar-refractivity contribution < 1.29 is 14.3 Å². The largest absolute Gasteiger partial charge is 0.486 e. The highest BCUT2D eigenvalue weighted by atomic mass is 16.6. The molecule has 1 aliphatic heterocycles. The third-order valence-corrected chi connectivity index (χ3v) is 3.02. The molecule has 108 valence electrons. The second kappa shape index (κ2) is 5.70. The first kappa shape index (κ1) is 13.2. The zero-order valence-electron chi connectivity index (χ0n) is 11.3. The maximum Gasteiger partial charge on any atom is 0.230 e. The van der Waals surface area contributed by atoms with Gasteiger partial charge in [-0.15, -0.1) is 0 Å². The van der Waals surface area contributed by atoms with Crippen LogP contribution in [-0.2, 0) is 11.2 Å². The van der Waals surface area contributed by atoms with Crippen LogP contribution in [0.2, 0.25) is 0 Å². The van der Waals surface area contributed by atoms with Crippen LogP contribution in [0.25, 0.3) is 0 Å². The molecule has 1 aromatic heterocycles. The first-order valence-corrected chi connectivity index (χ1v) is 6.60. The maximum absolute atomic E-state index is 12.0. The van der Waals surface area contributed by atoms with E-state index in [1.807, 2.05) is 0 Å². The number of carbonyl (C=O) groups is 1. The monoisotopic (exact) mass is 285 g/mol. The van der Waals surface area contributed by atoms with Gasteiger partial charge in [-0.1, -0.05) is 0 Å². The molecule has 2 aromatic rings. The van der Waals surface area contributed by atoms with Crippen molar-refractivity contribution in [2.45, 2.75) is 6.42 Å². The zero-order valence-corrected chi connectivity index (χ0v) is 11.3. The highest BCUT2D eigenvalue weighted by Gasteiger charge is 2.13. The lowest BCUT2D eigenvalue weighted by atomic mass is 10.2. The first-order valence-electron chi connectivity index (χ1n) is 6.60. The van der Waals surface area contributed by atoms with E-state index in [0.29, 0.717) is 41.8 Å². The van der Waals surface area contributed by atoms with Crippen LogP contribution >= 0.6 is 0 Å². The molecule has 3 rings (SSSR count). The summed E-state index contributed by atoms with van der Waals surface area (Å²) in [6, 6.07) is 8.77. The molecule has 2 heterocycles. The van der Waals surface area contributed by atoms with Gasteiger partial charge in [-0.25, -0.2) is 0 Å². The van der Waals surface area contributed by atoms with Crippen LogP contribution in [0.15, 0.2) is 36.5 Å². The van der Waals surface area contributed by atoms with E-state index in [4.69, 9.17) is 15.2 Å². The molecule has 0 saturated heterocycles. The number of carbonyl (C=O) groups excluding carboxylic acids is 1. The standard InChI is InChI=1S/C15H15N3O3/c16-10-1-2-11(17-9-10)8-15(19)18-12-3-4-13-14(7-12)21-6-5-20-13/h1-4,7,9H,5-6,8,16H2,(H,18,19). The van der Waals surface area contributed by atoms with Crippen LogP contribution in [0, 0.1) is 0 Å². The van der Waals surface area contributed by atoms with Gasteiger partial charge in [0.15, 0.2) is 11.5 Å². The van der Waals surface area contributed by atoms with Crippen LogP contribution in [0.1, 0.15) is 5.69 Å². The molecule has 6 nitrogen and oxygen atoms in total. The molecule has 0 radical (unpaired) electrons. The van der Waals surface area contributed by atoms with Gasteiger partial charge >= 0.3 is 0 Å². The lowest BCUT2D eigenvalue weighted by Gasteiger charge is -2.19. The van der Waals surface area contributed by atoms with Crippen LogP contribution < -0.4 is 20.5 Å². The Morgan fingerprint density at radius 2 is 2.00 bits per heavy atom. The number of benzene rings is 1. The van der Waals surface area contributed by atoms with E-state index in [-0.39, 0.29) is 12.3 Å². The molecule has 21 heavy (non-hydrogen) atoms. The quantitative estimate of drug-likeness (QED) is 0.894. The number of rotatable bonds is 3. The molecule has 6 heteroatoms. The fourth-order valence-electron chi connectivity index (χ4n) is 2.03. The minimum absolute atomic E-state index is 0.149. The molecule has 0 aliphatic carbocycles. The average molecular weight is 285 g/mol. The SMILES string of the molecule is Nc1ccc(CC(=O)Nc2ccc3c(c2)OCCO3)nc1. The molecule has 1 aliphatic rings. The topological polar surface area (TPSA) is 86.5 Å². The molecule has 0 fully saturated rings. The van der Waals surface area contributed by atoms with Crippen LogP contribution in [0.4, 0.5) is 11.4 Å². The number of pyridine rings is 1. The molecule has 3 N–H and O–H groups in total. The summed E-state index contributed by atoms with van der Waals surface area (Å²) in [5, 5.41) is 2.81. The molecule has 0 spiro atoms. The van der Waals surface area contributed by atoms with Gasteiger partial charge < -0.3 is 20.5 Å². The van der Waals surface area contributed by atoms with Gasteiger partial charge in [-0.2, -0.15) is 0 Å². The molecular formula is C15H15N3O3. The number of amides is 1. The molecule has 0 unspecified atom stereocenters. The Balaban J connectivity index is 1.65. The maximum atomic E-state index is 12.0. The predicted molar refractivity (Wildman–Crippen MR) is 78.4 cm³/mol. The average Bonchev–Trinajstić information content (AvgIpc) is 2.49. The Bertz CT molecular complexity index is 656. The van der Waals surface area contributed by atoms with Crippen molar-refractivity contribution in [3.05, 3.63) is 42.2 Å². The van der Waals surface area contributed by atoms with Crippen molar-refractivity contribution in [1.82, 2.24) is 4.98 Å². The summed E-state index contributed by atoms with van der Waals surface area (Å²) in [6.45, 7) is 1.06. The fraction of sp³-hybridized carbons (Fsp3) is 0.200. The highest BCUT2D eigenvalue weighted by molar-refractivity contribution is 5.92. The second-order valence-corrected chi connectivity index (χ2v) is 4.67. The fourth-order valence-corrected chi connectivity index (χ4v) is 2.03. The molecule has 0 bridgehead atoms. The van der Waals surface area contributed by atoms with Crippen molar-refractivity contribution in [3.63, 3.8) is 0 Å². The number of nitrogens with two attached hydrogens (primary N) is 1. The minimum Gasteiger partial charge on any atom is -0.486 e. The van der Waals surface area contributed by atoms with Crippen molar-refractivity contribution in [1.29, 1.82) is 0 Å². The van der Waals surface area contributed by atoms with E-state index in [1.165, 1.54) is 6.20 Å². The summed E-state index contributed by atoms with van der Waals surface area (Å²) in [5.41, 5.74) is 7.46. The Morgan fingerprint density at radius 1 is 1.19 bits per heavy atom. The van der Waals surface area contributed by atoms with Crippen LogP contribution in [0.3, 0.4) is 0 Å². The summed E-state index contributed by atoms with van der Waals surface area (Å²) in [6.07, 6.45) is 1.72. The molecule has 1 amide bonds. The first-order chi connectivity index (χ1) is 10.2. The van der Waals surface area contributed by atoms with E-state index in [2.05, 4.69) is 10.3 Å². The van der Waals surface area contributed by atoms with Crippen molar-refractivity contribution >= 4 is 17.3 Å². The van der Waals surface area contributed by atoms with E-state index >= 15 is 0 Å². The van der Waals surface area contributed by atoms with Gasteiger partial charge in [0, 0.05) is 17.4 Å². The highest BCUT2D eigenvalue weighted by Crippen LogP contribution is 2.32. The number of hydrogen-bond acceptors (Lipinski definition) is 5. The predicted octanol–water partition coefficient (Wildman–Crippen LogP) is 1.62. The van der Waals surface area contributed by atoms with Crippen molar-refractivity contribution in [3.8, 4) is 11.5 Å². The Hall–Kier alpha value is -2.76. The van der Waals surface area contributed by atoms with Gasteiger partial charge in [-0.05, 0) is 24.3 Å². The zero-order chi connectivity index (χ0) is 14.7. The lowest BCUT2D eigenvalue weighted by molar-refractivity contribution is -0.115. The van der Waals surface area contributed by atoms with Gasteiger partial charge in [0.25, 0.3) is 0 Å². The number of nitrogens with one attached hydrogen (secondary N) is 1. The molecule has 1 aromatic carbocycles. The summed E-state index contributed by atoms with van der Waals surface area (Å²) in [5.74, 6) is 1.19. The van der Waals surface area contributed by atoms with Gasteiger partial charge in [-0.3, -0.25) is 9.78 Å². The number of hydrogen-bond donors (Lipinski definition) is 2. The normalized spacial score (nSPS) is 12.8. The summed E-state index contributed by atoms with van der Waals surface area (Å²) < 4.78 is 10.9. The van der Waals surface area contributed by atoms with Crippen LogP contribution in [-0.4, -0.2) is 24.1 Å².